The minimum Gasteiger partial charge on any atom is -0.383 e. The van der Waals surface area contributed by atoms with Crippen molar-refractivity contribution in [2.75, 3.05) is 40.0 Å². The summed E-state index contributed by atoms with van der Waals surface area (Å²) in [5.74, 6) is -0.203. The van der Waals surface area contributed by atoms with Gasteiger partial charge in [-0.1, -0.05) is 0 Å². The maximum absolute atomic E-state index is 12.5. The Morgan fingerprint density at radius 3 is 2.58 bits per heavy atom. The molecule has 0 atom stereocenters. The number of carbonyl (C=O) groups excluding carboxylic acids is 1. The number of amides is 1. The van der Waals surface area contributed by atoms with E-state index >= 15 is 0 Å². The Kier molecular flexibility index (Phi) is 6.27. The number of carbonyl (C=O) groups is 1. The summed E-state index contributed by atoms with van der Waals surface area (Å²) in [6, 6.07) is 4.18. The summed E-state index contributed by atoms with van der Waals surface area (Å²) in [6.45, 7) is 1.99. The first-order valence-corrected chi connectivity index (χ1v) is 6.34. The van der Waals surface area contributed by atoms with E-state index in [2.05, 4.69) is 6.07 Å². The number of hydrogen-bond donors (Lipinski definition) is 0. The van der Waals surface area contributed by atoms with Gasteiger partial charge in [0.2, 0.25) is 5.91 Å². The van der Waals surface area contributed by atoms with Gasteiger partial charge in [-0.25, -0.2) is 0 Å². The van der Waals surface area contributed by atoms with Crippen molar-refractivity contribution < 1.29 is 14.3 Å². The number of nitriles is 2. The molecule has 0 saturated carbocycles. The average Bonchev–Trinajstić information content (AvgIpc) is 2.47. The van der Waals surface area contributed by atoms with Crippen molar-refractivity contribution in [1.29, 1.82) is 10.5 Å². The van der Waals surface area contributed by atoms with Gasteiger partial charge in [-0.2, -0.15) is 10.5 Å². The molecule has 0 unspecified atom stereocenters. The summed E-state index contributed by atoms with van der Waals surface area (Å²) in [6.07, 6.45) is 1.09. The van der Waals surface area contributed by atoms with Crippen LogP contribution in [0.15, 0.2) is 0 Å². The third-order valence-electron chi connectivity index (χ3n) is 3.32. The molecule has 1 saturated heterocycles. The van der Waals surface area contributed by atoms with Crippen LogP contribution >= 0.6 is 0 Å². The zero-order valence-corrected chi connectivity index (χ0v) is 11.2. The van der Waals surface area contributed by atoms with Crippen LogP contribution in [-0.4, -0.2) is 50.8 Å². The number of ether oxygens (including phenoxy) is 2. The Hall–Kier alpha value is -1.63. The molecule has 1 amide bonds. The zero-order valence-electron chi connectivity index (χ0n) is 11.2. The van der Waals surface area contributed by atoms with Crippen molar-refractivity contribution in [2.24, 2.45) is 5.41 Å². The molecule has 0 radical (unpaired) electrons. The van der Waals surface area contributed by atoms with Crippen molar-refractivity contribution in [3.63, 3.8) is 0 Å². The molecule has 104 valence electrons. The van der Waals surface area contributed by atoms with Gasteiger partial charge in [-0.05, 0) is 12.8 Å². The van der Waals surface area contributed by atoms with Crippen molar-refractivity contribution in [3.05, 3.63) is 0 Å². The molecule has 0 bridgehead atoms. The molecule has 0 aromatic carbocycles. The summed E-state index contributed by atoms with van der Waals surface area (Å²) < 4.78 is 10.2. The van der Waals surface area contributed by atoms with Gasteiger partial charge in [0, 0.05) is 33.4 Å². The Labute approximate surface area is 113 Å². The molecule has 0 aliphatic carbocycles. The molecular weight excluding hydrogens is 246 g/mol. The molecule has 0 spiro atoms. The fraction of sp³-hybridized carbons (Fsp3) is 0.769. The molecule has 0 aromatic rings. The predicted molar refractivity (Wildman–Crippen MR) is 66.8 cm³/mol. The molecular formula is C13H19N3O3. The van der Waals surface area contributed by atoms with E-state index in [1.807, 2.05) is 6.07 Å². The van der Waals surface area contributed by atoms with Crippen LogP contribution in [0.3, 0.4) is 0 Å². The van der Waals surface area contributed by atoms with E-state index in [4.69, 9.17) is 14.7 Å². The second-order valence-corrected chi connectivity index (χ2v) is 4.50. The fourth-order valence-electron chi connectivity index (χ4n) is 2.10. The van der Waals surface area contributed by atoms with Gasteiger partial charge >= 0.3 is 0 Å². The third kappa shape index (κ3) is 3.92. The molecule has 0 aromatic heterocycles. The lowest BCUT2D eigenvalue weighted by Crippen LogP contribution is -2.47. The Bertz CT molecular complexity index is 378. The van der Waals surface area contributed by atoms with E-state index in [-0.39, 0.29) is 12.3 Å². The van der Waals surface area contributed by atoms with Crippen LogP contribution in [0.5, 0.6) is 0 Å². The Balaban J connectivity index is 2.77. The second-order valence-electron chi connectivity index (χ2n) is 4.50. The number of nitrogens with zero attached hydrogens (tertiary/aromatic N) is 3. The summed E-state index contributed by atoms with van der Waals surface area (Å²) in [5.41, 5.74) is -0.999. The van der Waals surface area contributed by atoms with Gasteiger partial charge in [0.1, 0.15) is 5.41 Å². The van der Waals surface area contributed by atoms with Crippen LogP contribution in [-0.2, 0) is 14.3 Å². The van der Waals surface area contributed by atoms with Crippen LogP contribution in [0.1, 0.15) is 19.3 Å². The highest BCUT2D eigenvalue weighted by Crippen LogP contribution is 2.32. The summed E-state index contributed by atoms with van der Waals surface area (Å²) in [7, 11) is 1.56. The van der Waals surface area contributed by atoms with Crippen molar-refractivity contribution >= 4 is 5.91 Å². The van der Waals surface area contributed by atoms with E-state index < -0.39 is 5.41 Å². The molecule has 1 heterocycles. The van der Waals surface area contributed by atoms with E-state index in [0.29, 0.717) is 45.8 Å². The second kappa shape index (κ2) is 7.73. The highest BCUT2D eigenvalue weighted by atomic mass is 16.5. The summed E-state index contributed by atoms with van der Waals surface area (Å²) >= 11 is 0. The van der Waals surface area contributed by atoms with Crippen molar-refractivity contribution in [3.8, 4) is 12.1 Å². The first-order valence-electron chi connectivity index (χ1n) is 6.34. The molecule has 1 rings (SSSR count). The highest BCUT2D eigenvalue weighted by molar-refractivity contribution is 5.85. The van der Waals surface area contributed by atoms with Gasteiger partial charge in [0.15, 0.2) is 0 Å². The van der Waals surface area contributed by atoms with Crippen molar-refractivity contribution in [1.82, 2.24) is 4.90 Å². The predicted octanol–water partition coefficient (Wildman–Crippen LogP) is 0.695. The first kappa shape index (κ1) is 15.4. The summed E-state index contributed by atoms with van der Waals surface area (Å²) in [5, 5.41) is 18.0. The summed E-state index contributed by atoms with van der Waals surface area (Å²) in [4.78, 5) is 14.1. The fourth-order valence-corrected chi connectivity index (χ4v) is 2.10. The number of hydrogen-bond acceptors (Lipinski definition) is 5. The maximum Gasteiger partial charge on any atom is 0.243 e. The van der Waals surface area contributed by atoms with E-state index in [9.17, 15) is 10.1 Å². The third-order valence-corrected chi connectivity index (χ3v) is 3.32. The molecule has 1 aliphatic heterocycles. The minimum atomic E-state index is -0.999. The Morgan fingerprint density at radius 1 is 1.37 bits per heavy atom. The maximum atomic E-state index is 12.5. The van der Waals surface area contributed by atoms with Gasteiger partial charge in [-0.15, -0.1) is 0 Å². The molecule has 6 nitrogen and oxygen atoms in total. The molecule has 1 aliphatic rings. The average molecular weight is 265 g/mol. The lowest BCUT2D eigenvalue weighted by molar-refractivity contribution is -0.144. The first-order chi connectivity index (χ1) is 9.20. The topological polar surface area (TPSA) is 86.4 Å². The van der Waals surface area contributed by atoms with Gasteiger partial charge in [0.25, 0.3) is 0 Å². The van der Waals surface area contributed by atoms with E-state index in [0.717, 1.165) is 0 Å². The lowest BCUT2D eigenvalue weighted by atomic mass is 9.80. The Morgan fingerprint density at radius 2 is 2.05 bits per heavy atom. The molecule has 19 heavy (non-hydrogen) atoms. The number of rotatable bonds is 6. The van der Waals surface area contributed by atoms with Crippen LogP contribution in [0.25, 0.3) is 0 Å². The zero-order chi connectivity index (χ0) is 14.1. The monoisotopic (exact) mass is 265 g/mol. The lowest BCUT2D eigenvalue weighted by Gasteiger charge is -2.34. The molecule has 1 fully saturated rings. The number of methoxy groups -OCH3 is 1. The quantitative estimate of drug-likeness (QED) is 0.705. The standard InChI is InChI=1S/C13H19N3O3/c1-18-10-7-16(6-2-5-14)12(17)13(11-15)3-8-19-9-4-13/h2-4,6-10H2,1H3. The minimum absolute atomic E-state index is 0.203. The largest absolute Gasteiger partial charge is 0.383 e. The molecule has 0 N–H and O–H groups in total. The normalized spacial score (nSPS) is 17.2. The van der Waals surface area contributed by atoms with Crippen LogP contribution in [0.4, 0.5) is 0 Å². The van der Waals surface area contributed by atoms with E-state index in [1.165, 1.54) is 0 Å². The van der Waals surface area contributed by atoms with Crippen LogP contribution in [0, 0.1) is 28.1 Å². The van der Waals surface area contributed by atoms with Crippen LogP contribution in [0.2, 0.25) is 0 Å². The highest BCUT2D eigenvalue weighted by Gasteiger charge is 2.42. The van der Waals surface area contributed by atoms with E-state index in [1.54, 1.807) is 12.0 Å². The van der Waals surface area contributed by atoms with Gasteiger partial charge in [0.05, 0.1) is 25.2 Å². The van der Waals surface area contributed by atoms with Gasteiger partial charge in [-0.3, -0.25) is 4.79 Å². The molecule has 6 heteroatoms. The smallest absolute Gasteiger partial charge is 0.243 e. The van der Waals surface area contributed by atoms with Gasteiger partial charge < -0.3 is 14.4 Å². The SMILES string of the molecule is COCCN(CCC#N)C(=O)C1(C#N)CCOCC1. The van der Waals surface area contributed by atoms with Crippen LogP contribution < -0.4 is 0 Å². The van der Waals surface area contributed by atoms with Crippen molar-refractivity contribution in [2.45, 2.75) is 19.3 Å².